The maximum Gasteiger partial charge on any atom is 0.269 e. The fourth-order valence-electron chi connectivity index (χ4n) is 2.84. The molecule has 0 spiro atoms. The molecule has 1 N–H and O–H groups in total. The number of benzene rings is 3. The quantitative estimate of drug-likeness (QED) is 0.344. The monoisotopic (exact) mass is 408 g/mol. The molecule has 0 radical (unpaired) electrons. The lowest BCUT2D eigenvalue weighted by molar-refractivity contribution is -0.384. The predicted octanol–water partition coefficient (Wildman–Crippen LogP) is 5.22. The Balaban J connectivity index is 1.85. The van der Waals surface area contributed by atoms with Crippen molar-refractivity contribution in [3.05, 3.63) is 105 Å². The molecule has 0 saturated carbocycles. The van der Waals surface area contributed by atoms with E-state index < -0.39 is 10.8 Å². The second-order valence-electron chi connectivity index (χ2n) is 6.44. The highest BCUT2D eigenvalue weighted by molar-refractivity contribution is 6.31. The van der Waals surface area contributed by atoms with Crippen molar-refractivity contribution in [2.45, 2.75) is 12.8 Å². The molecule has 7 heteroatoms. The van der Waals surface area contributed by atoms with E-state index in [9.17, 15) is 19.7 Å². The predicted molar refractivity (Wildman–Crippen MR) is 111 cm³/mol. The van der Waals surface area contributed by atoms with Crippen molar-refractivity contribution in [2.75, 3.05) is 5.32 Å². The highest BCUT2D eigenvalue weighted by Gasteiger charge is 2.20. The Morgan fingerprint density at radius 2 is 1.66 bits per heavy atom. The van der Waals surface area contributed by atoms with Crippen LogP contribution in [0.4, 0.5) is 11.4 Å². The summed E-state index contributed by atoms with van der Waals surface area (Å²) in [7, 11) is 0. The number of ketones is 1. The van der Waals surface area contributed by atoms with Gasteiger partial charge in [-0.1, -0.05) is 54.1 Å². The molecule has 3 aromatic rings. The minimum atomic E-state index is -0.578. The SMILES string of the molecule is C[C@@H](C(=O)Nc1ccc(Cl)cc1C(=O)c1ccccc1)c1ccc([N+](=O)[O-])cc1. The molecule has 6 nitrogen and oxygen atoms in total. The van der Waals surface area contributed by atoms with E-state index in [1.54, 1.807) is 55.5 Å². The summed E-state index contributed by atoms with van der Waals surface area (Å²) in [5.41, 5.74) is 1.69. The molecule has 29 heavy (non-hydrogen) atoms. The van der Waals surface area contributed by atoms with E-state index in [2.05, 4.69) is 5.32 Å². The molecular formula is C22H17ClN2O4. The summed E-state index contributed by atoms with van der Waals surface area (Å²) < 4.78 is 0. The first kappa shape index (κ1) is 20.2. The number of non-ortho nitro benzene ring substituents is 1. The molecule has 1 amide bonds. The Morgan fingerprint density at radius 1 is 1.00 bits per heavy atom. The van der Waals surface area contributed by atoms with Gasteiger partial charge < -0.3 is 5.32 Å². The number of halogens is 1. The lowest BCUT2D eigenvalue weighted by atomic mass is 9.98. The molecule has 0 fully saturated rings. The number of nitro groups is 1. The highest BCUT2D eigenvalue weighted by atomic mass is 35.5. The second-order valence-corrected chi connectivity index (χ2v) is 6.88. The first-order valence-electron chi connectivity index (χ1n) is 8.81. The minimum absolute atomic E-state index is 0.0465. The number of carbonyl (C=O) groups is 2. The second kappa shape index (κ2) is 8.67. The third-order valence-corrected chi connectivity index (χ3v) is 4.75. The Labute approximate surface area is 172 Å². The number of hydrogen-bond donors (Lipinski definition) is 1. The molecule has 0 aliphatic rings. The van der Waals surface area contributed by atoms with E-state index in [4.69, 9.17) is 11.6 Å². The minimum Gasteiger partial charge on any atom is -0.325 e. The van der Waals surface area contributed by atoms with Gasteiger partial charge in [0.25, 0.3) is 5.69 Å². The van der Waals surface area contributed by atoms with E-state index in [1.807, 2.05) is 6.07 Å². The molecule has 0 unspecified atom stereocenters. The van der Waals surface area contributed by atoms with E-state index in [-0.39, 0.29) is 22.9 Å². The molecule has 0 aliphatic heterocycles. The Morgan fingerprint density at radius 3 is 2.28 bits per heavy atom. The molecule has 3 rings (SSSR count). The van der Waals surface area contributed by atoms with Crippen molar-refractivity contribution in [1.82, 2.24) is 0 Å². The lowest BCUT2D eigenvalue weighted by Gasteiger charge is -2.15. The van der Waals surface area contributed by atoms with Gasteiger partial charge in [-0.15, -0.1) is 0 Å². The van der Waals surface area contributed by atoms with Gasteiger partial charge in [-0.2, -0.15) is 0 Å². The summed E-state index contributed by atoms with van der Waals surface area (Å²) in [5.74, 6) is -1.18. The van der Waals surface area contributed by atoms with Crippen molar-refractivity contribution in [2.24, 2.45) is 0 Å². The van der Waals surface area contributed by atoms with Crippen molar-refractivity contribution >= 4 is 34.7 Å². The molecule has 3 aromatic carbocycles. The third kappa shape index (κ3) is 4.67. The van der Waals surface area contributed by atoms with Crippen LogP contribution in [0, 0.1) is 10.1 Å². The Bertz CT molecular complexity index is 1070. The topological polar surface area (TPSA) is 89.3 Å². The van der Waals surface area contributed by atoms with Gasteiger partial charge in [0.05, 0.1) is 16.5 Å². The molecule has 1 atom stereocenters. The van der Waals surface area contributed by atoms with Gasteiger partial charge >= 0.3 is 0 Å². The zero-order valence-electron chi connectivity index (χ0n) is 15.5. The summed E-state index contributed by atoms with van der Waals surface area (Å²) in [5, 5.41) is 13.9. The fourth-order valence-corrected chi connectivity index (χ4v) is 3.01. The average Bonchev–Trinajstić information content (AvgIpc) is 2.74. The number of anilines is 1. The van der Waals surface area contributed by atoms with Gasteiger partial charge in [0, 0.05) is 28.3 Å². The van der Waals surface area contributed by atoms with Gasteiger partial charge in [0.1, 0.15) is 0 Å². The summed E-state index contributed by atoms with van der Waals surface area (Å²) in [6.45, 7) is 1.69. The molecule has 0 heterocycles. The first-order valence-corrected chi connectivity index (χ1v) is 9.19. The van der Waals surface area contributed by atoms with Gasteiger partial charge in [-0.25, -0.2) is 0 Å². The summed E-state index contributed by atoms with van der Waals surface area (Å²) in [6, 6.07) is 19.2. The lowest BCUT2D eigenvalue weighted by Crippen LogP contribution is -2.20. The Hall–Kier alpha value is -3.51. The largest absolute Gasteiger partial charge is 0.325 e. The standard InChI is InChI=1S/C22H17ClN2O4/c1-14(15-7-10-18(11-8-15)25(28)29)22(27)24-20-12-9-17(23)13-19(20)21(26)16-5-3-2-4-6-16/h2-14H,1H3,(H,24,27)/t14-/m1/s1. The highest BCUT2D eigenvalue weighted by Crippen LogP contribution is 2.26. The van der Waals surface area contributed by atoms with Crippen LogP contribution in [0.2, 0.25) is 5.02 Å². The van der Waals surface area contributed by atoms with Gasteiger partial charge in [0.2, 0.25) is 5.91 Å². The van der Waals surface area contributed by atoms with Crippen molar-refractivity contribution in [3.63, 3.8) is 0 Å². The van der Waals surface area contributed by atoms with Crippen LogP contribution in [0.3, 0.4) is 0 Å². The number of carbonyl (C=O) groups excluding carboxylic acids is 2. The van der Waals surface area contributed by atoms with E-state index >= 15 is 0 Å². The summed E-state index contributed by atoms with van der Waals surface area (Å²) >= 11 is 6.06. The average molecular weight is 409 g/mol. The van der Waals surface area contributed by atoms with Gasteiger partial charge in [-0.05, 0) is 30.7 Å². The molecule has 146 valence electrons. The number of hydrogen-bond acceptors (Lipinski definition) is 4. The van der Waals surface area contributed by atoms with Crippen LogP contribution >= 0.6 is 11.6 Å². The van der Waals surface area contributed by atoms with Crippen LogP contribution in [0.1, 0.15) is 34.3 Å². The number of rotatable bonds is 6. The van der Waals surface area contributed by atoms with Crippen LogP contribution in [-0.4, -0.2) is 16.6 Å². The van der Waals surface area contributed by atoms with E-state index in [0.29, 0.717) is 21.8 Å². The first-order chi connectivity index (χ1) is 13.9. The van der Waals surface area contributed by atoms with Gasteiger partial charge in [0.15, 0.2) is 5.78 Å². The van der Waals surface area contributed by atoms with Crippen molar-refractivity contribution in [3.8, 4) is 0 Å². The Kier molecular flexibility index (Phi) is 6.04. The van der Waals surface area contributed by atoms with Crippen LogP contribution in [-0.2, 0) is 4.79 Å². The maximum atomic E-state index is 12.9. The number of nitrogens with zero attached hydrogens (tertiary/aromatic N) is 1. The van der Waals surface area contributed by atoms with E-state index in [1.165, 1.54) is 18.2 Å². The number of nitrogens with one attached hydrogen (secondary N) is 1. The third-order valence-electron chi connectivity index (χ3n) is 4.52. The van der Waals surface area contributed by atoms with Crippen molar-refractivity contribution in [1.29, 1.82) is 0 Å². The normalized spacial score (nSPS) is 11.5. The molecule has 0 saturated heterocycles. The zero-order valence-corrected chi connectivity index (χ0v) is 16.2. The van der Waals surface area contributed by atoms with Crippen LogP contribution in [0.5, 0.6) is 0 Å². The molecular weight excluding hydrogens is 392 g/mol. The van der Waals surface area contributed by atoms with Crippen molar-refractivity contribution < 1.29 is 14.5 Å². The summed E-state index contributed by atoms with van der Waals surface area (Å²) in [6.07, 6.45) is 0. The maximum absolute atomic E-state index is 12.9. The fraction of sp³-hybridized carbons (Fsp3) is 0.0909. The molecule has 0 bridgehead atoms. The van der Waals surface area contributed by atoms with E-state index in [0.717, 1.165) is 0 Å². The smallest absolute Gasteiger partial charge is 0.269 e. The molecule has 0 aromatic heterocycles. The zero-order chi connectivity index (χ0) is 21.0. The van der Waals surface area contributed by atoms with Crippen LogP contribution in [0.15, 0.2) is 72.8 Å². The summed E-state index contributed by atoms with van der Waals surface area (Å²) in [4.78, 5) is 35.9. The number of nitro benzene ring substituents is 1. The number of amides is 1. The van der Waals surface area contributed by atoms with Crippen LogP contribution in [0.25, 0.3) is 0 Å². The van der Waals surface area contributed by atoms with Gasteiger partial charge in [-0.3, -0.25) is 19.7 Å². The van der Waals surface area contributed by atoms with Crippen LogP contribution < -0.4 is 5.32 Å². The molecule has 0 aliphatic carbocycles.